The summed E-state index contributed by atoms with van der Waals surface area (Å²) in [5, 5.41) is 11.4. The van der Waals surface area contributed by atoms with Gasteiger partial charge in [0.15, 0.2) is 0 Å². The molecule has 0 aromatic carbocycles. The molecular weight excluding hydrogens is 367 g/mol. The first-order chi connectivity index (χ1) is 13.3. The Labute approximate surface area is 162 Å². The van der Waals surface area contributed by atoms with E-state index in [0.717, 1.165) is 49.7 Å². The molecule has 1 saturated heterocycles. The van der Waals surface area contributed by atoms with Crippen LogP contribution in [0, 0.1) is 11.3 Å². The van der Waals surface area contributed by atoms with E-state index in [4.69, 9.17) is 0 Å². The Morgan fingerprint density at radius 1 is 1.18 bits per heavy atom. The zero-order valence-electron chi connectivity index (χ0n) is 15.8. The molecule has 7 heteroatoms. The van der Waals surface area contributed by atoms with E-state index in [9.17, 15) is 18.3 Å². The van der Waals surface area contributed by atoms with Gasteiger partial charge in [-0.15, -0.1) is 0 Å². The van der Waals surface area contributed by atoms with Crippen LogP contribution in [0.5, 0.6) is 0 Å². The fourth-order valence-corrected chi connectivity index (χ4v) is 4.85. The van der Waals surface area contributed by atoms with Crippen molar-refractivity contribution in [1.82, 2.24) is 9.97 Å². The summed E-state index contributed by atoms with van der Waals surface area (Å²) in [5.74, 6) is 0.185. The second-order valence-corrected chi connectivity index (χ2v) is 8.28. The van der Waals surface area contributed by atoms with E-state index in [2.05, 4.69) is 21.8 Å². The molecule has 1 atom stereocenters. The molecule has 0 radical (unpaired) electrons. The van der Waals surface area contributed by atoms with E-state index in [1.165, 1.54) is 12.3 Å². The Morgan fingerprint density at radius 2 is 1.93 bits per heavy atom. The summed E-state index contributed by atoms with van der Waals surface area (Å²) in [6, 6.07) is 6.32. The maximum Gasteiger partial charge on any atom is 0.433 e. The lowest BCUT2D eigenvalue weighted by molar-refractivity contribution is -0.141. The van der Waals surface area contributed by atoms with Gasteiger partial charge >= 0.3 is 6.18 Å². The lowest BCUT2D eigenvalue weighted by atomic mass is 9.52. The number of aromatic nitrogens is 2. The van der Waals surface area contributed by atoms with Crippen molar-refractivity contribution in [3.8, 4) is 0 Å². The maximum absolute atomic E-state index is 12.7. The van der Waals surface area contributed by atoms with Gasteiger partial charge in [0.1, 0.15) is 5.69 Å². The zero-order chi connectivity index (χ0) is 20.0. The maximum atomic E-state index is 12.7. The van der Waals surface area contributed by atoms with Gasteiger partial charge in [0.05, 0.1) is 17.5 Å². The van der Waals surface area contributed by atoms with Crippen LogP contribution in [-0.2, 0) is 11.8 Å². The summed E-state index contributed by atoms with van der Waals surface area (Å²) in [7, 11) is 0. The molecule has 2 fully saturated rings. The van der Waals surface area contributed by atoms with Crippen LogP contribution in [0.3, 0.4) is 0 Å². The monoisotopic (exact) mass is 391 g/mol. The quantitative estimate of drug-likeness (QED) is 0.821. The third kappa shape index (κ3) is 3.26. The first kappa shape index (κ1) is 19.2. The third-order valence-corrected chi connectivity index (χ3v) is 6.28. The summed E-state index contributed by atoms with van der Waals surface area (Å²) in [4.78, 5) is 9.78. The number of hydrogen-bond acceptors (Lipinski definition) is 4. The van der Waals surface area contributed by atoms with E-state index in [1.54, 1.807) is 12.4 Å². The van der Waals surface area contributed by atoms with Crippen LogP contribution in [0.4, 0.5) is 18.9 Å². The molecule has 2 aromatic heterocycles. The molecule has 1 aliphatic carbocycles. The van der Waals surface area contributed by atoms with E-state index >= 15 is 0 Å². The molecule has 2 aliphatic rings. The zero-order valence-corrected chi connectivity index (χ0v) is 15.8. The van der Waals surface area contributed by atoms with Crippen molar-refractivity contribution in [2.24, 2.45) is 11.3 Å². The van der Waals surface area contributed by atoms with Crippen LogP contribution in [0.1, 0.15) is 43.9 Å². The molecule has 0 amide bonds. The Hall–Kier alpha value is -2.15. The van der Waals surface area contributed by atoms with Gasteiger partial charge in [-0.1, -0.05) is 19.4 Å². The molecular formula is C21H24F3N3O. The molecule has 1 unspecified atom stereocenters. The summed E-state index contributed by atoms with van der Waals surface area (Å²) in [6.07, 6.45) is 3.78. The smallest absolute Gasteiger partial charge is 0.385 e. The van der Waals surface area contributed by atoms with Crippen molar-refractivity contribution in [3.05, 3.63) is 54.1 Å². The number of aliphatic hydroxyl groups is 1. The highest BCUT2D eigenvalue weighted by atomic mass is 19.4. The van der Waals surface area contributed by atoms with Crippen LogP contribution in [0.25, 0.3) is 0 Å². The van der Waals surface area contributed by atoms with Crippen LogP contribution in [-0.4, -0.2) is 28.2 Å². The number of pyridine rings is 2. The van der Waals surface area contributed by atoms with E-state index in [0.29, 0.717) is 6.42 Å². The summed E-state index contributed by atoms with van der Waals surface area (Å²) < 4.78 is 38.0. The Bertz CT molecular complexity index is 811. The molecule has 4 nitrogen and oxygen atoms in total. The highest BCUT2D eigenvalue weighted by Gasteiger charge is 2.58. The van der Waals surface area contributed by atoms with E-state index in [1.807, 2.05) is 12.1 Å². The third-order valence-electron chi connectivity index (χ3n) is 6.28. The van der Waals surface area contributed by atoms with Crippen molar-refractivity contribution in [1.29, 1.82) is 0 Å². The topological polar surface area (TPSA) is 49.3 Å². The lowest BCUT2D eigenvalue weighted by Gasteiger charge is -2.62. The minimum Gasteiger partial charge on any atom is -0.385 e. The Morgan fingerprint density at radius 3 is 2.46 bits per heavy atom. The average Bonchev–Trinajstić information content (AvgIpc) is 2.60. The number of alkyl halides is 3. The minimum atomic E-state index is -4.41. The van der Waals surface area contributed by atoms with Crippen LogP contribution < -0.4 is 4.90 Å². The Balaban J connectivity index is 1.39. The molecule has 28 heavy (non-hydrogen) atoms. The number of rotatable bonds is 5. The van der Waals surface area contributed by atoms with Gasteiger partial charge in [-0.25, -0.2) is 4.98 Å². The van der Waals surface area contributed by atoms with Crippen molar-refractivity contribution in [2.45, 2.75) is 44.4 Å². The van der Waals surface area contributed by atoms with E-state index < -0.39 is 17.5 Å². The molecule has 4 rings (SSSR count). The average molecular weight is 391 g/mol. The molecule has 3 heterocycles. The van der Waals surface area contributed by atoms with Crippen molar-refractivity contribution < 1.29 is 18.3 Å². The van der Waals surface area contributed by atoms with Gasteiger partial charge in [0.25, 0.3) is 0 Å². The van der Waals surface area contributed by atoms with Gasteiger partial charge < -0.3 is 10.0 Å². The highest BCUT2D eigenvalue weighted by Crippen LogP contribution is 2.59. The van der Waals surface area contributed by atoms with Gasteiger partial charge in [-0.05, 0) is 43.4 Å². The normalized spacial score (nSPS) is 21.1. The van der Waals surface area contributed by atoms with Gasteiger partial charge in [-0.3, -0.25) is 4.98 Å². The lowest BCUT2D eigenvalue weighted by Crippen LogP contribution is -2.65. The summed E-state index contributed by atoms with van der Waals surface area (Å²) in [6.45, 7) is 3.66. The van der Waals surface area contributed by atoms with Gasteiger partial charge in [0, 0.05) is 36.5 Å². The number of anilines is 1. The van der Waals surface area contributed by atoms with Crippen molar-refractivity contribution in [3.63, 3.8) is 0 Å². The van der Waals surface area contributed by atoms with Crippen LogP contribution >= 0.6 is 0 Å². The first-order valence-electron chi connectivity index (χ1n) is 9.67. The highest BCUT2D eigenvalue weighted by molar-refractivity contribution is 5.49. The number of nitrogens with zero attached hydrogens (tertiary/aromatic N) is 3. The predicted octanol–water partition coefficient (Wildman–Crippen LogP) is 4.40. The second-order valence-electron chi connectivity index (χ2n) is 8.28. The Kier molecular flexibility index (Phi) is 4.61. The predicted molar refractivity (Wildman–Crippen MR) is 99.7 cm³/mol. The number of hydrogen-bond donors (Lipinski definition) is 1. The standard InChI is InChI=1S/C21H24F3N3O/c1-2-7-20(28,15-4-3-8-25-11-15)16-9-19(10-16)13-27(14-19)17-5-6-18(26-12-17)21(22,23)24/h3-6,8,11-12,16,28H,2,7,9-10,13-14H2,1H3. The van der Waals surface area contributed by atoms with Crippen LogP contribution in [0.15, 0.2) is 42.9 Å². The van der Waals surface area contributed by atoms with Gasteiger partial charge in [-0.2, -0.15) is 13.2 Å². The first-order valence-corrected chi connectivity index (χ1v) is 9.67. The molecule has 1 saturated carbocycles. The number of halogens is 3. The molecule has 1 N–H and O–H groups in total. The molecule has 0 bridgehead atoms. The largest absolute Gasteiger partial charge is 0.433 e. The van der Waals surface area contributed by atoms with Gasteiger partial charge in [0.2, 0.25) is 0 Å². The van der Waals surface area contributed by atoms with Crippen molar-refractivity contribution >= 4 is 5.69 Å². The summed E-state index contributed by atoms with van der Waals surface area (Å²) >= 11 is 0. The fraction of sp³-hybridized carbons (Fsp3) is 0.524. The minimum absolute atomic E-state index is 0.150. The molecule has 1 aliphatic heterocycles. The molecule has 150 valence electrons. The van der Waals surface area contributed by atoms with E-state index in [-0.39, 0.29) is 11.3 Å². The fourth-order valence-electron chi connectivity index (χ4n) is 4.85. The second kappa shape index (κ2) is 6.72. The van der Waals surface area contributed by atoms with Crippen LogP contribution in [0.2, 0.25) is 0 Å². The SMILES string of the molecule is CCCC(O)(c1cccnc1)C1CC2(C1)CN(c1ccc(C(F)(F)F)nc1)C2. The molecule has 1 spiro atoms. The summed E-state index contributed by atoms with van der Waals surface area (Å²) in [5.41, 5.74) is 0.0243. The molecule has 2 aromatic rings. The van der Waals surface area contributed by atoms with Crippen molar-refractivity contribution in [2.75, 3.05) is 18.0 Å².